The van der Waals surface area contributed by atoms with Crippen LogP contribution in [0.4, 0.5) is 11.9 Å². The van der Waals surface area contributed by atoms with Gasteiger partial charge in [0.15, 0.2) is 5.82 Å². The molecule has 0 aliphatic heterocycles. The summed E-state index contributed by atoms with van der Waals surface area (Å²) >= 11 is 0. The van der Waals surface area contributed by atoms with Gasteiger partial charge >= 0.3 is 0 Å². The molecule has 0 saturated heterocycles. The van der Waals surface area contributed by atoms with Gasteiger partial charge < -0.3 is 15.7 Å². The maximum atomic E-state index is 9.85. The first-order chi connectivity index (χ1) is 9.25. The van der Waals surface area contributed by atoms with Crippen LogP contribution in [0.15, 0.2) is 6.20 Å². The maximum Gasteiger partial charge on any atom is 0.229 e. The largest absolute Gasteiger partial charge is 0.384 e. The van der Waals surface area contributed by atoms with E-state index in [0.717, 1.165) is 0 Å². The lowest BCUT2D eigenvalue weighted by Crippen LogP contribution is -2.17. The van der Waals surface area contributed by atoms with E-state index in [4.69, 9.17) is 5.73 Å². The zero-order chi connectivity index (χ0) is 14.9. The normalized spacial score (nSPS) is 11.7. The first-order valence-corrected chi connectivity index (χ1v) is 6.06. The highest BCUT2D eigenvalue weighted by atomic mass is 16.3. The van der Waals surface area contributed by atoms with Crippen molar-refractivity contribution in [2.24, 2.45) is 0 Å². The van der Waals surface area contributed by atoms with Crippen LogP contribution >= 0.6 is 0 Å². The topological polar surface area (TPSA) is 119 Å². The summed E-state index contributed by atoms with van der Waals surface area (Å²) in [6, 6.07) is 0. The standard InChI is InChI=1S/C11H18N8O/c1-11(2,20)7-5-19(17-16-7)6-8-13-9(12)15-10(14-8)18(3)4/h5,20H,6H2,1-4H3,(H2,12,13,14,15). The van der Waals surface area contributed by atoms with Crippen LogP contribution in [0.25, 0.3) is 0 Å². The van der Waals surface area contributed by atoms with Gasteiger partial charge in [0.1, 0.15) is 17.8 Å². The van der Waals surface area contributed by atoms with E-state index in [9.17, 15) is 5.11 Å². The predicted octanol–water partition coefficient (Wildman–Crippen LogP) is -0.613. The van der Waals surface area contributed by atoms with Crippen molar-refractivity contribution in [3.63, 3.8) is 0 Å². The molecule has 0 amide bonds. The third kappa shape index (κ3) is 3.18. The van der Waals surface area contributed by atoms with Crippen molar-refractivity contribution in [2.75, 3.05) is 24.7 Å². The molecule has 0 spiro atoms. The van der Waals surface area contributed by atoms with Crippen LogP contribution in [-0.2, 0) is 12.1 Å². The summed E-state index contributed by atoms with van der Waals surface area (Å²) in [7, 11) is 3.64. The van der Waals surface area contributed by atoms with Crippen LogP contribution in [0.3, 0.4) is 0 Å². The summed E-state index contributed by atoms with van der Waals surface area (Å²) in [5.74, 6) is 1.12. The SMILES string of the molecule is CN(C)c1nc(N)nc(Cn2cc(C(C)(C)O)nn2)n1. The van der Waals surface area contributed by atoms with Crippen LogP contribution < -0.4 is 10.6 Å². The van der Waals surface area contributed by atoms with E-state index in [1.54, 1.807) is 29.6 Å². The van der Waals surface area contributed by atoms with Crippen LogP contribution in [0.1, 0.15) is 25.4 Å². The number of hydrogen-bond donors (Lipinski definition) is 2. The minimum atomic E-state index is -1.04. The second kappa shape index (κ2) is 5.00. The minimum absolute atomic E-state index is 0.154. The van der Waals surface area contributed by atoms with E-state index < -0.39 is 5.60 Å². The molecule has 0 bridgehead atoms. The van der Waals surface area contributed by atoms with Gasteiger partial charge in [-0.2, -0.15) is 15.0 Å². The smallest absolute Gasteiger partial charge is 0.229 e. The summed E-state index contributed by atoms with van der Waals surface area (Å²) in [6.45, 7) is 3.59. The Morgan fingerprint density at radius 3 is 2.55 bits per heavy atom. The van der Waals surface area contributed by atoms with Crippen molar-refractivity contribution in [1.82, 2.24) is 29.9 Å². The molecule has 2 aromatic rings. The zero-order valence-electron chi connectivity index (χ0n) is 11.9. The average Bonchev–Trinajstić information content (AvgIpc) is 2.76. The van der Waals surface area contributed by atoms with Gasteiger partial charge in [0.25, 0.3) is 0 Å². The van der Waals surface area contributed by atoms with Gasteiger partial charge in [0.2, 0.25) is 11.9 Å². The van der Waals surface area contributed by atoms with E-state index >= 15 is 0 Å². The van der Waals surface area contributed by atoms with Crippen molar-refractivity contribution in [1.29, 1.82) is 0 Å². The molecule has 0 radical (unpaired) electrons. The number of anilines is 2. The Bertz CT molecular complexity index is 601. The Balaban J connectivity index is 2.24. The van der Waals surface area contributed by atoms with Crippen molar-refractivity contribution < 1.29 is 5.11 Å². The molecule has 2 heterocycles. The fraction of sp³-hybridized carbons (Fsp3) is 0.545. The quantitative estimate of drug-likeness (QED) is 0.760. The van der Waals surface area contributed by atoms with Crippen LogP contribution in [-0.4, -0.2) is 49.1 Å². The number of aromatic nitrogens is 6. The van der Waals surface area contributed by atoms with Gasteiger partial charge in [-0.25, -0.2) is 4.68 Å². The summed E-state index contributed by atoms with van der Waals surface area (Å²) in [5, 5.41) is 17.7. The van der Waals surface area contributed by atoms with Gasteiger partial charge in [-0.05, 0) is 13.8 Å². The summed E-state index contributed by atoms with van der Waals surface area (Å²) in [5.41, 5.74) is 5.09. The number of nitrogens with zero attached hydrogens (tertiary/aromatic N) is 7. The highest BCUT2D eigenvalue weighted by Gasteiger charge is 2.20. The maximum absolute atomic E-state index is 9.85. The minimum Gasteiger partial charge on any atom is -0.384 e. The highest BCUT2D eigenvalue weighted by Crippen LogP contribution is 2.16. The van der Waals surface area contributed by atoms with Gasteiger partial charge in [0.05, 0.1) is 6.20 Å². The molecule has 0 unspecified atom stereocenters. The Morgan fingerprint density at radius 1 is 1.30 bits per heavy atom. The number of aliphatic hydroxyl groups is 1. The number of nitrogen functional groups attached to an aromatic ring is 1. The van der Waals surface area contributed by atoms with E-state index in [1.807, 2.05) is 14.1 Å². The van der Waals surface area contributed by atoms with Crippen molar-refractivity contribution in [3.8, 4) is 0 Å². The lowest BCUT2D eigenvalue weighted by atomic mass is 10.1. The zero-order valence-corrected chi connectivity index (χ0v) is 11.9. The van der Waals surface area contributed by atoms with E-state index in [-0.39, 0.29) is 5.95 Å². The first-order valence-electron chi connectivity index (χ1n) is 6.06. The fourth-order valence-corrected chi connectivity index (χ4v) is 1.50. The van der Waals surface area contributed by atoms with Crippen LogP contribution in [0.5, 0.6) is 0 Å². The lowest BCUT2D eigenvalue weighted by molar-refractivity contribution is 0.0737. The van der Waals surface area contributed by atoms with Crippen molar-refractivity contribution >= 4 is 11.9 Å². The van der Waals surface area contributed by atoms with Crippen LogP contribution in [0.2, 0.25) is 0 Å². The monoisotopic (exact) mass is 278 g/mol. The predicted molar refractivity (Wildman–Crippen MR) is 72.9 cm³/mol. The fourth-order valence-electron chi connectivity index (χ4n) is 1.50. The summed E-state index contributed by atoms with van der Waals surface area (Å²) in [4.78, 5) is 14.1. The van der Waals surface area contributed by atoms with Crippen molar-refractivity contribution in [3.05, 3.63) is 17.7 Å². The van der Waals surface area contributed by atoms with Gasteiger partial charge in [-0.1, -0.05) is 5.21 Å². The van der Waals surface area contributed by atoms with Crippen LogP contribution in [0, 0.1) is 0 Å². The third-order valence-corrected chi connectivity index (χ3v) is 2.56. The second-order valence-corrected chi connectivity index (χ2v) is 5.16. The molecular weight excluding hydrogens is 260 g/mol. The summed E-state index contributed by atoms with van der Waals surface area (Å²) in [6.07, 6.45) is 1.65. The van der Waals surface area contributed by atoms with E-state index in [2.05, 4.69) is 25.3 Å². The molecule has 0 fully saturated rings. The number of hydrogen-bond acceptors (Lipinski definition) is 8. The summed E-state index contributed by atoms with van der Waals surface area (Å²) < 4.78 is 1.54. The Morgan fingerprint density at radius 2 is 2.00 bits per heavy atom. The average molecular weight is 278 g/mol. The molecule has 108 valence electrons. The molecular formula is C11H18N8O. The number of nitrogens with two attached hydrogens (primary N) is 1. The third-order valence-electron chi connectivity index (χ3n) is 2.56. The van der Waals surface area contributed by atoms with E-state index in [0.29, 0.717) is 24.0 Å². The molecule has 20 heavy (non-hydrogen) atoms. The Labute approximate surface area is 116 Å². The molecule has 0 saturated carbocycles. The van der Waals surface area contributed by atoms with Gasteiger partial charge in [0, 0.05) is 14.1 Å². The number of rotatable bonds is 4. The Hall–Kier alpha value is -2.29. The molecule has 0 aliphatic carbocycles. The second-order valence-electron chi connectivity index (χ2n) is 5.16. The first kappa shape index (κ1) is 14.1. The van der Waals surface area contributed by atoms with Crippen molar-refractivity contribution in [2.45, 2.75) is 26.0 Å². The molecule has 2 rings (SSSR count). The molecule has 9 heteroatoms. The Kier molecular flexibility index (Phi) is 3.53. The lowest BCUT2D eigenvalue weighted by Gasteiger charge is -2.12. The van der Waals surface area contributed by atoms with Gasteiger partial charge in [-0.3, -0.25) is 0 Å². The molecule has 9 nitrogen and oxygen atoms in total. The molecule has 0 atom stereocenters. The molecule has 3 N–H and O–H groups in total. The van der Waals surface area contributed by atoms with Gasteiger partial charge in [-0.15, -0.1) is 5.10 Å². The molecule has 0 aromatic carbocycles. The highest BCUT2D eigenvalue weighted by molar-refractivity contribution is 5.32. The molecule has 2 aromatic heterocycles. The van der Waals surface area contributed by atoms with E-state index in [1.165, 1.54) is 0 Å². The molecule has 0 aliphatic rings.